The number of hydrogen-bond acceptors (Lipinski definition) is 13. The number of halogens is 3. The van der Waals surface area contributed by atoms with E-state index in [4.69, 9.17) is 26.4 Å². The average Bonchev–Trinajstić information content (AvgIpc) is 4.08. The third-order valence-electron chi connectivity index (χ3n) is 12.9. The first-order valence-corrected chi connectivity index (χ1v) is 25.2. The molecule has 4 atom stereocenters. The largest absolute Gasteiger partial charge is 0.482 e. The number of thiocarbonyl (C=S) groups is 1. The van der Waals surface area contributed by atoms with Crippen LogP contribution in [0.2, 0.25) is 0 Å². The van der Waals surface area contributed by atoms with Crippen LogP contribution < -0.4 is 34.6 Å². The summed E-state index contributed by atoms with van der Waals surface area (Å²) >= 11 is 7.20. The standard InChI is InChI=1S/C55H53F3N8O8S2/c1-31(33-8-10-34(11-9-33)47-32(2)61-30-76-47)62-49(69)44-25-38(67)28-64(44)50(70)48(53(3,4)5)63-45(68)29-72-42-22-23-46(60-27-42)74-41-20-18-40(19-21-41)73-39-16-14-36(15-17-39)66-52(75)65(51(71)54(66,6)7)37-13-12-35(26-59)43(24-37)55(56,57)58/h8-24,27,30-31,38,44,48,67H,25,28-29H2,1-7H3,(H,62,69)(H,63,68)/t31-,38+,44-,48+/m0/s1. The summed E-state index contributed by atoms with van der Waals surface area (Å²) in [6.45, 7) is 11.9. The number of aryl methyl sites for hydroxylation is 1. The molecule has 0 unspecified atom stereocenters. The third kappa shape index (κ3) is 11.8. The molecule has 2 aliphatic heterocycles. The van der Waals surface area contributed by atoms with Gasteiger partial charge in [-0.25, -0.2) is 9.97 Å². The molecule has 6 aromatic rings. The fourth-order valence-corrected chi connectivity index (χ4v) is 10.2. The Bertz CT molecular complexity index is 3200. The lowest BCUT2D eigenvalue weighted by molar-refractivity contribution is -0.144. The Labute approximate surface area is 446 Å². The summed E-state index contributed by atoms with van der Waals surface area (Å²) in [7, 11) is 0. The van der Waals surface area contributed by atoms with E-state index in [2.05, 4.69) is 20.6 Å². The average molecular weight is 1080 g/mol. The van der Waals surface area contributed by atoms with Crippen molar-refractivity contribution in [3.63, 3.8) is 0 Å². The van der Waals surface area contributed by atoms with Gasteiger partial charge in [0.2, 0.25) is 17.7 Å². The van der Waals surface area contributed by atoms with Crippen LogP contribution in [-0.2, 0) is 25.4 Å². The van der Waals surface area contributed by atoms with Gasteiger partial charge in [-0.1, -0.05) is 45.0 Å². The number of rotatable bonds is 15. The van der Waals surface area contributed by atoms with Gasteiger partial charge in [-0.15, -0.1) is 11.3 Å². The van der Waals surface area contributed by atoms with Crippen molar-refractivity contribution in [3.8, 4) is 45.4 Å². The van der Waals surface area contributed by atoms with Crippen molar-refractivity contribution < 1.29 is 51.7 Å². The first-order chi connectivity index (χ1) is 35.9. The number of aliphatic hydroxyl groups is 1. The summed E-state index contributed by atoms with van der Waals surface area (Å²) in [5.41, 5.74) is 1.20. The highest BCUT2D eigenvalue weighted by atomic mass is 32.1. The van der Waals surface area contributed by atoms with E-state index < -0.39 is 82.7 Å². The number of aromatic nitrogens is 2. The second-order valence-electron chi connectivity index (χ2n) is 19.8. The van der Waals surface area contributed by atoms with E-state index in [1.807, 2.05) is 38.1 Å². The Hall–Kier alpha value is -7.93. The highest BCUT2D eigenvalue weighted by molar-refractivity contribution is 7.81. The maximum absolute atomic E-state index is 14.2. The number of nitriles is 1. The van der Waals surface area contributed by atoms with Gasteiger partial charge in [-0.3, -0.25) is 24.1 Å². The van der Waals surface area contributed by atoms with E-state index in [0.29, 0.717) is 22.9 Å². The third-order valence-corrected chi connectivity index (χ3v) is 14.2. The monoisotopic (exact) mass is 1070 g/mol. The maximum Gasteiger partial charge on any atom is 0.417 e. The van der Waals surface area contributed by atoms with Gasteiger partial charge in [0, 0.05) is 24.7 Å². The van der Waals surface area contributed by atoms with Gasteiger partial charge in [0.15, 0.2) is 11.7 Å². The predicted octanol–water partition coefficient (Wildman–Crippen LogP) is 9.65. The van der Waals surface area contributed by atoms with Gasteiger partial charge in [0.1, 0.15) is 40.6 Å². The lowest BCUT2D eigenvalue weighted by atomic mass is 9.85. The van der Waals surface area contributed by atoms with Crippen molar-refractivity contribution in [1.82, 2.24) is 25.5 Å². The predicted molar refractivity (Wildman–Crippen MR) is 282 cm³/mol. The van der Waals surface area contributed by atoms with Crippen molar-refractivity contribution in [3.05, 3.63) is 137 Å². The Morgan fingerprint density at radius 2 is 1.51 bits per heavy atom. The molecule has 8 rings (SSSR count). The lowest BCUT2D eigenvalue weighted by Gasteiger charge is -2.35. The number of carbonyl (C=O) groups is 4. The number of nitrogens with one attached hydrogen (secondary N) is 2. The van der Waals surface area contributed by atoms with E-state index >= 15 is 0 Å². The van der Waals surface area contributed by atoms with Crippen LogP contribution in [0.5, 0.6) is 28.9 Å². The van der Waals surface area contributed by atoms with E-state index in [1.54, 1.807) is 123 Å². The molecule has 2 fully saturated rings. The van der Waals surface area contributed by atoms with Gasteiger partial charge in [-0.05, 0) is 129 Å². The van der Waals surface area contributed by atoms with Gasteiger partial charge in [0.05, 0.1) is 57.3 Å². The summed E-state index contributed by atoms with van der Waals surface area (Å²) in [5, 5.41) is 25.7. The normalized spacial score (nSPS) is 17.2. The van der Waals surface area contributed by atoms with Crippen molar-refractivity contribution in [1.29, 1.82) is 5.26 Å². The number of amides is 4. The zero-order valence-electron chi connectivity index (χ0n) is 42.3. The Morgan fingerprint density at radius 3 is 2.09 bits per heavy atom. The maximum atomic E-state index is 14.2. The smallest absolute Gasteiger partial charge is 0.417 e. The SMILES string of the molecule is Cc1ncsc1-c1ccc([C@H](C)NC(=O)[C@@H]2C[C@@H](O)CN2C(=O)[C@@H](NC(=O)COc2ccc(Oc3ccc(Oc4ccc(N5C(=S)N(c6ccc(C#N)c(C(F)(F)F)c6)C(=O)C5(C)C)cc4)cc3)nc2)C(C)(C)C)cc1. The Balaban J connectivity index is 0.821. The minimum absolute atomic E-state index is 0.0389. The number of benzene rings is 4. The van der Waals surface area contributed by atoms with Crippen LogP contribution in [0.15, 0.2) is 115 Å². The molecule has 2 saturated heterocycles. The molecule has 0 bridgehead atoms. The summed E-state index contributed by atoms with van der Waals surface area (Å²) in [4.78, 5) is 68.4. The van der Waals surface area contributed by atoms with E-state index in [9.17, 15) is 42.7 Å². The first-order valence-electron chi connectivity index (χ1n) is 24.0. The number of alkyl halides is 3. The number of ether oxygens (including phenoxy) is 3. The van der Waals surface area contributed by atoms with Crippen LogP contribution in [0.4, 0.5) is 24.5 Å². The number of likely N-dealkylation sites (tertiary alicyclic amines) is 1. The molecule has 394 valence electrons. The second-order valence-corrected chi connectivity index (χ2v) is 21.0. The number of aliphatic hydroxyl groups excluding tert-OH is 1. The molecule has 21 heteroatoms. The van der Waals surface area contributed by atoms with Crippen LogP contribution in [0.1, 0.15) is 76.4 Å². The van der Waals surface area contributed by atoms with Crippen molar-refractivity contribution in [2.45, 2.75) is 90.8 Å². The summed E-state index contributed by atoms with van der Waals surface area (Å²) in [6, 6.07) is 26.4. The molecule has 0 spiro atoms. The molecule has 0 saturated carbocycles. The van der Waals surface area contributed by atoms with E-state index in [1.165, 1.54) is 17.2 Å². The fraction of sp³-hybridized carbons (Fsp3) is 0.309. The molecule has 4 amide bonds. The second kappa shape index (κ2) is 21.7. The van der Waals surface area contributed by atoms with Gasteiger partial charge in [-0.2, -0.15) is 18.4 Å². The molecule has 0 aliphatic carbocycles. The van der Waals surface area contributed by atoms with Gasteiger partial charge in [0.25, 0.3) is 11.8 Å². The van der Waals surface area contributed by atoms with Gasteiger partial charge < -0.3 is 39.8 Å². The number of anilines is 2. The zero-order chi connectivity index (χ0) is 54.9. The molecule has 0 radical (unpaired) electrons. The van der Waals surface area contributed by atoms with Crippen molar-refractivity contribution >= 4 is 63.7 Å². The first kappa shape index (κ1) is 54.3. The number of nitrogens with zero attached hydrogens (tertiary/aromatic N) is 6. The number of pyridine rings is 1. The molecule has 4 aromatic carbocycles. The molecule has 16 nitrogen and oxygen atoms in total. The van der Waals surface area contributed by atoms with E-state index in [-0.39, 0.29) is 35.4 Å². The van der Waals surface area contributed by atoms with Crippen LogP contribution >= 0.6 is 23.6 Å². The van der Waals surface area contributed by atoms with Crippen molar-refractivity contribution in [2.24, 2.45) is 5.41 Å². The topological polar surface area (TPSA) is 200 Å². The fourth-order valence-electron chi connectivity index (χ4n) is 8.83. The molecular weight excluding hydrogens is 1020 g/mol. The quantitative estimate of drug-likeness (QED) is 0.0822. The number of β-amino-alcohol motifs (C(OH)–C–C–N with tert-alkyl or cyclic N) is 1. The summed E-state index contributed by atoms with van der Waals surface area (Å²) in [6.07, 6.45) is -4.33. The molecule has 2 aliphatic rings. The number of thiazole rings is 1. The number of hydrogen-bond donors (Lipinski definition) is 3. The highest BCUT2D eigenvalue weighted by Gasteiger charge is 2.51. The summed E-state index contributed by atoms with van der Waals surface area (Å²) in [5.74, 6) is -0.265. The Morgan fingerprint density at radius 1 is 0.895 bits per heavy atom. The van der Waals surface area contributed by atoms with E-state index in [0.717, 1.165) is 38.7 Å². The van der Waals surface area contributed by atoms with Gasteiger partial charge >= 0.3 is 6.18 Å². The Kier molecular flexibility index (Phi) is 15.5. The molecule has 4 heterocycles. The van der Waals surface area contributed by atoms with Crippen LogP contribution in [0.25, 0.3) is 10.4 Å². The minimum atomic E-state index is -4.82. The molecular formula is C55H53F3N8O8S2. The van der Waals surface area contributed by atoms with Crippen LogP contribution in [-0.4, -0.2) is 85.6 Å². The molecule has 2 aromatic heterocycles. The lowest BCUT2D eigenvalue weighted by Crippen LogP contribution is -2.58. The van der Waals surface area contributed by atoms with Crippen molar-refractivity contribution in [2.75, 3.05) is 23.0 Å². The molecule has 3 N–H and O–H groups in total. The zero-order valence-corrected chi connectivity index (χ0v) is 44.0. The minimum Gasteiger partial charge on any atom is -0.482 e. The number of carbonyl (C=O) groups excluding carboxylic acids is 4. The highest BCUT2D eigenvalue weighted by Crippen LogP contribution is 2.41. The summed E-state index contributed by atoms with van der Waals surface area (Å²) < 4.78 is 59.0. The molecule has 76 heavy (non-hydrogen) atoms. The van der Waals surface area contributed by atoms with Crippen LogP contribution in [0, 0.1) is 23.7 Å². The van der Waals surface area contributed by atoms with Crippen LogP contribution in [0.3, 0.4) is 0 Å².